The Hall–Kier alpha value is -1.76. The summed E-state index contributed by atoms with van der Waals surface area (Å²) in [7, 11) is 0. The number of aromatic nitrogens is 6. The molecule has 3 aromatic heterocycles. The number of aryl methyl sites for hydroxylation is 2. The Balaban J connectivity index is 2.18. The number of nitrogens with zero attached hydrogens (tertiary/aromatic N) is 6. The summed E-state index contributed by atoms with van der Waals surface area (Å²) in [5.74, 6) is 1.21. The van der Waals surface area contributed by atoms with E-state index in [1.54, 1.807) is 11.3 Å². The molecule has 3 aromatic rings. The maximum Gasteiger partial charge on any atom is 0.234 e. The van der Waals surface area contributed by atoms with Gasteiger partial charge in [-0.05, 0) is 20.8 Å². The number of fused-ring (bicyclic) bond motifs is 1. The first-order valence-corrected chi connectivity index (χ1v) is 7.61. The van der Waals surface area contributed by atoms with Crippen LogP contribution in [0.4, 0.5) is 0 Å². The first-order chi connectivity index (χ1) is 9.52. The van der Waals surface area contributed by atoms with E-state index in [0.717, 1.165) is 39.3 Å². The zero-order valence-electron chi connectivity index (χ0n) is 12.4. The van der Waals surface area contributed by atoms with Gasteiger partial charge in [0.15, 0.2) is 10.8 Å². The number of hydrogen-bond acceptors (Lipinski definition) is 5. The van der Waals surface area contributed by atoms with Gasteiger partial charge < -0.3 is 0 Å². The molecular formula is C13H18N6S. The van der Waals surface area contributed by atoms with Crippen LogP contribution in [-0.2, 0) is 6.54 Å². The van der Waals surface area contributed by atoms with E-state index in [1.165, 1.54) is 0 Å². The summed E-state index contributed by atoms with van der Waals surface area (Å²) in [4.78, 5) is 0.840. The van der Waals surface area contributed by atoms with Crippen molar-refractivity contribution in [3.8, 4) is 10.6 Å². The summed E-state index contributed by atoms with van der Waals surface area (Å²) in [6, 6.07) is 0. The summed E-state index contributed by atoms with van der Waals surface area (Å²) in [6.07, 6.45) is 0. The molecule has 3 heterocycles. The molecule has 0 amide bonds. The molecule has 7 heteroatoms. The van der Waals surface area contributed by atoms with Crippen molar-refractivity contribution < 1.29 is 0 Å². The second-order valence-electron chi connectivity index (χ2n) is 5.18. The van der Waals surface area contributed by atoms with Crippen molar-refractivity contribution in [2.75, 3.05) is 0 Å². The van der Waals surface area contributed by atoms with Crippen molar-refractivity contribution >= 4 is 16.3 Å². The lowest BCUT2D eigenvalue weighted by molar-refractivity contribution is 0.634. The molecule has 3 rings (SSSR count). The van der Waals surface area contributed by atoms with Gasteiger partial charge in [0, 0.05) is 18.2 Å². The number of rotatable bonds is 3. The molecular weight excluding hydrogens is 272 g/mol. The topological polar surface area (TPSA) is 60.9 Å². The highest BCUT2D eigenvalue weighted by Crippen LogP contribution is 2.31. The first kappa shape index (κ1) is 13.2. The summed E-state index contributed by atoms with van der Waals surface area (Å²) < 4.78 is 3.86. The van der Waals surface area contributed by atoms with Crippen LogP contribution in [0.1, 0.15) is 43.9 Å². The Kier molecular flexibility index (Phi) is 3.08. The van der Waals surface area contributed by atoms with Gasteiger partial charge in [-0.2, -0.15) is 14.7 Å². The van der Waals surface area contributed by atoms with Gasteiger partial charge in [-0.15, -0.1) is 10.2 Å². The third kappa shape index (κ3) is 1.84. The van der Waals surface area contributed by atoms with E-state index in [0.29, 0.717) is 5.92 Å². The molecule has 0 aromatic carbocycles. The molecule has 0 saturated heterocycles. The maximum absolute atomic E-state index is 4.69. The average Bonchev–Trinajstić information content (AvgIpc) is 3.01. The van der Waals surface area contributed by atoms with E-state index in [2.05, 4.69) is 43.0 Å². The predicted molar refractivity (Wildman–Crippen MR) is 79.1 cm³/mol. The second kappa shape index (κ2) is 4.66. The minimum absolute atomic E-state index is 0.306. The molecule has 0 bridgehead atoms. The third-order valence-corrected chi connectivity index (χ3v) is 4.34. The number of hydrogen-bond donors (Lipinski definition) is 0. The highest BCUT2D eigenvalue weighted by Gasteiger charge is 2.20. The zero-order valence-corrected chi connectivity index (χ0v) is 13.2. The van der Waals surface area contributed by atoms with Crippen LogP contribution in [0.3, 0.4) is 0 Å². The normalized spacial score (nSPS) is 11.9. The van der Waals surface area contributed by atoms with Crippen LogP contribution in [0.25, 0.3) is 15.5 Å². The minimum atomic E-state index is 0.306. The van der Waals surface area contributed by atoms with Crippen molar-refractivity contribution in [2.45, 2.75) is 47.1 Å². The standard InChI is InChI=1S/C13H18N6S/c1-6-18-9(5)10(8(4)16-18)12-17-19-11(7(2)3)14-15-13(19)20-12/h7H,6H2,1-5H3. The van der Waals surface area contributed by atoms with E-state index in [9.17, 15) is 0 Å². The molecule has 106 valence electrons. The SMILES string of the molecule is CCn1nc(C)c(-c2nn3c(C(C)C)nnc3s2)c1C. The lowest BCUT2D eigenvalue weighted by Gasteiger charge is -2.00. The molecule has 0 saturated carbocycles. The van der Waals surface area contributed by atoms with Crippen LogP contribution >= 0.6 is 11.3 Å². The highest BCUT2D eigenvalue weighted by molar-refractivity contribution is 7.19. The van der Waals surface area contributed by atoms with Crippen LogP contribution in [0.2, 0.25) is 0 Å². The van der Waals surface area contributed by atoms with Crippen molar-refractivity contribution in [3.05, 3.63) is 17.2 Å². The summed E-state index contributed by atoms with van der Waals surface area (Å²) >= 11 is 1.57. The predicted octanol–water partition coefficient (Wildman–Crippen LogP) is 2.81. The van der Waals surface area contributed by atoms with Gasteiger partial charge in [-0.3, -0.25) is 4.68 Å². The maximum atomic E-state index is 4.69. The summed E-state index contributed by atoms with van der Waals surface area (Å²) in [5.41, 5.74) is 3.29. The smallest absolute Gasteiger partial charge is 0.234 e. The van der Waals surface area contributed by atoms with Crippen molar-refractivity contribution in [1.29, 1.82) is 0 Å². The molecule has 20 heavy (non-hydrogen) atoms. The van der Waals surface area contributed by atoms with Crippen molar-refractivity contribution in [2.24, 2.45) is 0 Å². The monoisotopic (exact) mass is 290 g/mol. The zero-order chi connectivity index (χ0) is 14.4. The fourth-order valence-electron chi connectivity index (χ4n) is 2.41. The van der Waals surface area contributed by atoms with E-state index >= 15 is 0 Å². The highest BCUT2D eigenvalue weighted by atomic mass is 32.1. The Labute approximate surface area is 121 Å². The third-order valence-electron chi connectivity index (χ3n) is 3.43. The van der Waals surface area contributed by atoms with E-state index in [4.69, 9.17) is 5.10 Å². The van der Waals surface area contributed by atoms with Crippen LogP contribution in [0.15, 0.2) is 0 Å². The lowest BCUT2D eigenvalue weighted by Crippen LogP contribution is -1.99. The van der Waals surface area contributed by atoms with Gasteiger partial charge in [-0.1, -0.05) is 25.2 Å². The quantitative estimate of drug-likeness (QED) is 0.744. The lowest BCUT2D eigenvalue weighted by atomic mass is 10.2. The van der Waals surface area contributed by atoms with Gasteiger partial charge >= 0.3 is 0 Å². The van der Waals surface area contributed by atoms with Crippen molar-refractivity contribution in [1.82, 2.24) is 29.6 Å². The average molecular weight is 290 g/mol. The first-order valence-electron chi connectivity index (χ1n) is 6.79. The molecule has 0 radical (unpaired) electrons. The van der Waals surface area contributed by atoms with Crippen LogP contribution in [0, 0.1) is 13.8 Å². The largest absolute Gasteiger partial charge is 0.269 e. The molecule has 0 unspecified atom stereocenters. The van der Waals surface area contributed by atoms with Gasteiger partial charge in [-0.25, -0.2) is 0 Å². The summed E-state index contributed by atoms with van der Waals surface area (Å²) in [5, 5.41) is 18.6. The fraction of sp³-hybridized carbons (Fsp3) is 0.538. The Morgan fingerprint density at radius 2 is 1.90 bits per heavy atom. The molecule has 0 N–H and O–H groups in total. The van der Waals surface area contributed by atoms with Crippen LogP contribution < -0.4 is 0 Å². The molecule has 6 nitrogen and oxygen atoms in total. The van der Waals surface area contributed by atoms with E-state index in [-0.39, 0.29) is 0 Å². The summed E-state index contributed by atoms with van der Waals surface area (Å²) in [6.45, 7) is 11.3. The van der Waals surface area contributed by atoms with Gasteiger partial charge in [0.05, 0.1) is 11.3 Å². The second-order valence-corrected chi connectivity index (χ2v) is 6.13. The van der Waals surface area contributed by atoms with Crippen LogP contribution in [0.5, 0.6) is 0 Å². The van der Waals surface area contributed by atoms with Crippen LogP contribution in [-0.4, -0.2) is 29.6 Å². The molecule has 0 fully saturated rings. The van der Waals surface area contributed by atoms with Gasteiger partial charge in [0.2, 0.25) is 4.96 Å². The van der Waals surface area contributed by atoms with Gasteiger partial charge in [0.25, 0.3) is 0 Å². The van der Waals surface area contributed by atoms with Gasteiger partial charge in [0.1, 0.15) is 0 Å². The Morgan fingerprint density at radius 1 is 1.15 bits per heavy atom. The molecule has 0 atom stereocenters. The van der Waals surface area contributed by atoms with E-state index < -0.39 is 0 Å². The molecule has 0 aliphatic rings. The molecule has 0 aliphatic heterocycles. The Bertz CT molecular complexity index is 763. The Morgan fingerprint density at radius 3 is 2.50 bits per heavy atom. The fourth-order valence-corrected chi connectivity index (χ4v) is 3.40. The molecule has 0 aliphatic carbocycles. The molecule has 0 spiro atoms. The van der Waals surface area contributed by atoms with Crippen molar-refractivity contribution in [3.63, 3.8) is 0 Å². The van der Waals surface area contributed by atoms with E-state index in [1.807, 2.05) is 16.1 Å². The minimum Gasteiger partial charge on any atom is -0.269 e.